The second-order valence-electron chi connectivity index (χ2n) is 10.8. The average molecular weight is 409 g/mol. The summed E-state index contributed by atoms with van der Waals surface area (Å²) < 4.78 is 23.9. The largest absolute Gasteiger partial charge is 0.462 e. The van der Waals surface area contributed by atoms with Crippen LogP contribution in [0.5, 0.6) is 0 Å². The molecule has 0 radical (unpaired) electrons. The number of hydrogen-bond donors (Lipinski definition) is 0. The molecule has 0 N–H and O–H groups in total. The molecule has 2 aliphatic heterocycles. The molecule has 2 aliphatic carbocycles. The lowest BCUT2D eigenvalue weighted by Gasteiger charge is -2.65. The van der Waals surface area contributed by atoms with Crippen LogP contribution in [0.1, 0.15) is 79.6 Å². The van der Waals surface area contributed by atoms with Crippen molar-refractivity contribution in [3.05, 3.63) is 0 Å². The number of esters is 2. The maximum absolute atomic E-state index is 12.1. The first-order valence-electron chi connectivity index (χ1n) is 11.1. The zero-order valence-corrected chi connectivity index (χ0v) is 18.7. The first-order valence-corrected chi connectivity index (χ1v) is 11.1. The molecule has 0 amide bonds. The lowest BCUT2D eigenvalue weighted by atomic mass is 9.43. The van der Waals surface area contributed by atoms with Crippen LogP contribution in [-0.4, -0.2) is 42.6 Å². The van der Waals surface area contributed by atoms with Crippen molar-refractivity contribution < 1.29 is 28.5 Å². The average Bonchev–Trinajstić information content (AvgIpc) is 3.13. The van der Waals surface area contributed by atoms with Crippen LogP contribution in [0.15, 0.2) is 0 Å². The minimum absolute atomic E-state index is 0.0437. The summed E-state index contributed by atoms with van der Waals surface area (Å²) in [4.78, 5) is 24.0. The van der Waals surface area contributed by atoms with Gasteiger partial charge in [-0.1, -0.05) is 34.1 Å². The Balaban J connectivity index is 1.76. The molecule has 0 bridgehead atoms. The predicted octanol–water partition coefficient (Wildman–Crippen LogP) is 4.00. The molecule has 2 saturated carbocycles. The van der Waals surface area contributed by atoms with Gasteiger partial charge in [0.2, 0.25) is 6.29 Å². The number of fused-ring (bicyclic) bond motifs is 2. The quantitative estimate of drug-likeness (QED) is 0.643. The third-order valence-corrected chi connectivity index (χ3v) is 8.71. The molecular weight excluding hydrogens is 372 g/mol. The zero-order chi connectivity index (χ0) is 21.2. The smallest absolute Gasteiger partial charge is 0.311 e. The van der Waals surface area contributed by atoms with Crippen molar-refractivity contribution in [1.29, 1.82) is 0 Å². The van der Waals surface area contributed by atoms with E-state index in [-0.39, 0.29) is 52.7 Å². The van der Waals surface area contributed by atoms with Gasteiger partial charge >= 0.3 is 11.9 Å². The highest BCUT2D eigenvalue weighted by molar-refractivity contribution is 5.73. The number of hydrogen-bond acceptors (Lipinski definition) is 6. The molecule has 2 spiro atoms. The number of rotatable bonds is 2. The summed E-state index contributed by atoms with van der Waals surface area (Å²) >= 11 is 0. The first-order chi connectivity index (χ1) is 13.5. The monoisotopic (exact) mass is 408 g/mol. The lowest BCUT2D eigenvalue weighted by Crippen LogP contribution is -2.67. The highest BCUT2D eigenvalue weighted by atomic mass is 16.7. The lowest BCUT2D eigenvalue weighted by molar-refractivity contribution is -0.293. The Bertz CT molecular complexity index is 703. The van der Waals surface area contributed by atoms with Gasteiger partial charge in [0.15, 0.2) is 0 Å². The van der Waals surface area contributed by atoms with Crippen LogP contribution in [0.25, 0.3) is 0 Å². The van der Waals surface area contributed by atoms with E-state index in [9.17, 15) is 9.59 Å². The highest BCUT2D eigenvalue weighted by Gasteiger charge is 2.72. The second-order valence-corrected chi connectivity index (χ2v) is 10.8. The molecule has 6 nitrogen and oxygen atoms in total. The summed E-state index contributed by atoms with van der Waals surface area (Å²) in [5, 5.41) is 0. The minimum atomic E-state index is -0.705. The summed E-state index contributed by atoms with van der Waals surface area (Å²) in [5.41, 5.74) is -1.19. The standard InChI is InChI=1S/C23H36O6/c1-14-12-16(27-15(2)24)18-20(3,4)8-7-9-21(18,5)23(14)11-10-22(29-23)13-17(25)28-19(22)26-6/h14,16,18-19H,7-13H2,1-6H3/t14-,16+,18+,19?,21+,22+,23+/m0/s1. The minimum Gasteiger partial charge on any atom is -0.462 e. The molecule has 0 aromatic rings. The van der Waals surface area contributed by atoms with Crippen LogP contribution in [-0.2, 0) is 28.5 Å². The predicted molar refractivity (Wildman–Crippen MR) is 106 cm³/mol. The zero-order valence-electron chi connectivity index (χ0n) is 18.7. The Morgan fingerprint density at radius 3 is 2.52 bits per heavy atom. The fourth-order valence-corrected chi connectivity index (χ4v) is 7.80. The van der Waals surface area contributed by atoms with Crippen molar-refractivity contribution in [1.82, 2.24) is 0 Å². The number of ether oxygens (including phenoxy) is 4. The Morgan fingerprint density at radius 2 is 1.86 bits per heavy atom. The fourth-order valence-electron chi connectivity index (χ4n) is 7.80. The van der Waals surface area contributed by atoms with Gasteiger partial charge in [0.25, 0.3) is 0 Å². The van der Waals surface area contributed by atoms with Gasteiger partial charge in [-0.05, 0) is 43.4 Å². The Labute approximate surface area is 174 Å². The van der Waals surface area contributed by atoms with Gasteiger partial charge in [0.1, 0.15) is 11.7 Å². The van der Waals surface area contributed by atoms with E-state index in [4.69, 9.17) is 18.9 Å². The van der Waals surface area contributed by atoms with Gasteiger partial charge in [0, 0.05) is 25.4 Å². The fraction of sp³-hybridized carbons (Fsp3) is 0.913. The molecule has 0 aromatic heterocycles. The van der Waals surface area contributed by atoms with Gasteiger partial charge in [-0.15, -0.1) is 0 Å². The molecule has 7 atom stereocenters. The molecule has 0 aromatic carbocycles. The van der Waals surface area contributed by atoms with Crippen LogP contribution in [0, 0.1) is 22.7 Å². The van der Waals surface area contributed by atoms with Crippen molar-refractivity contribution in [3.63, 3.8) is 0 Å². The number of carbonyl (C=O) groups excluding carboxylic acids is 2. The van der Waals surface area contributed by atoms with Gasteiger partial charge in [0.05, 0.1) is 12.0 Å². The normalized spacial score (nSPS) is 48.6. The van der Waals surface area contributed by atoms with E-state index >= 15 is 0 Å². The van der Waals surface area contributed by atoms with Gasteiger partial charge in [-0.3, -0.25) is 9.59 Å². The summed E-state index contributed by atoms with van der Waals surface area (Å²) in [7, 11) is 1.58. The maximum Gasteiger partial charge on any atom is 0.311 e. The van der Waals surface area contributed by atoms with Crippen LogP contribution in [0.4, 0.5) is 0 Å². The van der Waals surface area contributed by atoms with Crippen molar-refractivity contribution in [2.75, 3.05) is 7.11 Å². The third-order valence-electron chi connectivity index (χ3n) is 8.71. The molecule has 2 saturated heterocycles. The van der Waals surface area contributed by atoms with E-state index in [1.807, 2.05) is 0 Å². The molecule has 4 aliphatic rings. The van der Waals surface area contributed by atoms with Crippen LogP contribution in [0.2, 0.25) is 0 Å². The number of carbonyl (C=O) groups is 2. The van der Waals surface area contributed by atoms with Crippen LogP contribution < -0.4 is 0 Å². The Kier molecular flexibility index (Phi) is 4.86. The van der Waals surface area contributed by atoms with E-state index in [1.165, 1.54) is 6.92 Å². The maximum atomic E-state index is 12.1. The molecule has 164 valence electrons. The van der Waals surface area contributed by atoms with Gasteiger partial charge in [-0.25, -0.2) is 0 Å². The summed E-state index contributed by atoms with van der Waals surface area (Å²) in [6.07, 6.45) is 5.18. The van der Waals surface area contributed by atoms with Crippen LogP contribution in [0.3, 0.4) is 0 Å². The van der Waals surface area contributed by atoms with Crippen molar-refractivity contribution in [2.45, 2.75) is 103 Å². The van der Waals surface area contributed by atoms with Crippen molar-refractivity contribution in [2.24, 2.45) is 22.7 Å². The van der Waals surface area contributed by atoms with E-state index in [0.717, 1.165) is 38.5 Å². The molecule has 4 rings (SSSR count). The first kappa shape index (κ1) is 21.1. The summed E-state index contributed by atoms with van der Waals surface area (Å²) in [5.74, 6) is -0.0478. The molecule has 29 heavy (non-hydrogen) atoms. The number of methoxy groups -OCH3 is 1. The molecular formula is C23H36O6. The third kappa shape index (κ3) is 2.88. The molecule has 1 unspecified atom stereocenters. The number of cyclic esters (lactones) is 1. The van der Waals surface area contributed by atoms with Gasteiger partial charge in [-0.2, -0.15) is 0 Å². The van der Waals surface area contributed by atoms with Crippen molar-refractivity contribution >= 4 is 11.9 Å². The van der Waals surface area contributed by atoms with Gasteiger partial charge < -0.3 is 18.9 Å². The summed E-state index contributed by atoms with van der Waals surface area (Å²) in [6.45, 7) is 10.7. The Morgan fingerprint density at radius 1 is 1.14 bits per heavy atom. The highest BCUT2D eigenvalue weighted by Crippen LogP contribution is 2.69. The van der Waals surface area contributed by atoms with E-state index in [2.05, 4.69) is 27.7 Å². The SMILES string of the molecule is COC1OC(=O)C[C@]12CC[C@@]1(O2)[C@@H](C)C[C@@H](OC(C)=O)[C@@H]2C(C)(C)CCC[C@]21C. The van der Waals surface area contributed by atoms with E-state index < -0.39 is 11.9 Å². The second kappa shape index (κ2) is 6.68. The Hall–Kier alpha value is -1.14. The molecule has 4 fully saturated rings. The molecule has 2 heterocycles. The van der Waals surface area contributed by atoms with E-state index in [1.54, 1.807) is 7.11 Å². The summed E-state index contributed by atoms with van der Waals surface area (Å²) in [6, 6.07) is 0. The molecule has 6 heteroatoms. The van der Waals surface area contributed by atoms with E-state index in [0.29, 0.717) is 0 Å². The van der Waals surface area contributed by atoms with Crippen molar-refractivity contribution in [3.8, 4) is 0 Å². The van der Waals surface area contributed by atoms with Crippen LogP contribution >= 0.6 is 0 Å². The topological polar surface area (TPSA) is 71.1 Å².